The molecule has 23 heavy (non-hydrogen) atoms. The molecule has 0 fully saturated rings. The van der Waals surface area contributed by atoms with Gasteiger partial charge >= 0.3 is 5.97 Å². The van der Waals surface area contributed by atoms with E-state index in [1.54, 1.807) is 6.92 Å². The predicted molar refractivity (Wildman–Crippen MR) is 78.3 cm³/mol. The summed E-state index contributed by atoms with van der Waals surface area (Å²) in [5.74, 6) is -3.94. The molecule has 0 spiro atoms. The molecule has 0 saturated heterocycles. The zero-order valence-corrected chi connectivity index (χ0v) is 13.3. The third-order valence-electron chi connectivity index (χ3n) is 3.60. The van der Waals surface area contributed by atoms with Crippen LogP contribution in [0.25, 0.3) is 0 Å². The number of hydrogen-bond acceptors (Lipinski definition) is 6. The molecule has 0 radical (unpaired) electrons. The van der Waals surface area contributed by atoms with Crippen LogP contribution in [-0.2, 0) is 14.2 Å². The van der Waals surface area contributed by atoms with E-state index >= 15 is 0 Å². The first kappa shape index (κ1) is 17.2. The Kier molecular flexibility index (Phi) is 5.19. The van der Waals surface area contributed by atoms with E-state index < -0.39 is 23.7 Å². The van der Waals surface area contributed by atoms with Crippen molar-refractivity contribution in [1.29, 1.82) is 0 Å². The van der Waals surface area contributed by atoms with Crippen molar-refractivity contribution in [2.45, 2.75) is 18.9 Å². The van der Waals surface area contributed by atoms with Crippen molar-refractivity contribution in [2.75, 3.05) is 21.3 Å². The van der Waals surface area contributed by atoms with Crippen molar-refractivity contribution < 1.29 is 23.4 Å². The molecule has 0 bridgehead atoms. The average molecular weight is 323 g/mol. The molecule has 1 atom stereocenters. The Bertz CT molecular complexity index is 662. The first-order chi connectivity index (χ1) is 11.0. The number of halogens is 1. The van der Waals surface area contributed by atoms with Crippen molar-refractivity contribution >= 4 is 5.78 Å². The van der Waals surface area contributed by atoms with Gasteiger partial charge in [-0.15, -0.1) is 0 Å². The number of Topliss-reactive ketones (excluding diaryl/α,β-unsaturated/α-hetero) is 1. The highest BCUT2D eigenvalue weighted by Crippen LogP contribution is 2.25. The zero-order chi connectivity index (χ0) is 17.0. The van der Waals surface area contributed by atoms with Gasteiger partial charge in [-0.25, -0.2) is 4.68 Å². The summed E-state index contributed by atoms with van der Waals surface area (Å²) in [5.41, 5.74) is 0.455. The number of ketones is 1. The Labute approximate surface area is 133 Å². The molecule has 1 aromatic carbocycles. The highest BCUT2D eigenvalue weighted by atomic mass is 19.1. The Morgan fingerprint density at radius 3 is 2.26 bits per heavy atom. The summed E-state index contributed by atoms with van der Waals surface area (Å²) in [7, 11) is 3.66. The largest absolute Gasteiger partial charge is 0.352 e. The molecule has 0 amide bonds. The summed E-state index contributed by atoms with van der Waals surface area (Å²) in [5, 5.41) is 7.09. The second-order valence-electron chi connectivity index (χ2n) is 4.76. The van der Waals surface area contributed by atoms with Gasteiger partial charge in [0.15, 0.2) is 5.69 Å². The summed E-state index contributed by atoms with van der Waals surface area (Å²) in [6.45, 7) is 1.77. The number of carbonyl (C=O) groups excluding carboxylic acids is 1. The quantitative estimate of drug-likeness (QED) is 0.571. The van der Waals surface area contributed by atoms with Crippen molar-refractivity contribution in [3.05, 3.63) is 47.5 Å². The molecule has 7 nitrogen and oxygen atoms in total. The number of hydrogen-bond donors (Lipinski definition) is 0. The number of methoxy groups -OCH3 is 3. The van der Waals surface area contributed by atoms with Gasteiger partial charge in [0.25, 0.3) is 11.7 Å². The highest BCUT2D eigenvalue weighted by Gasteiger charge is 2.45. The SMILES string of the molecule is COC(OC)(OC)C(=O)c1c(F)nnn1[C@H](C)c1ccccc1. The van der Waals surface area contributed by atoms with Crippen molar-refractivity contribution in [2.24, 2.45) is 0 Å². The first-order valence-corrected chi connectivity index (χ1v) is 6.86. The van der Waals surface area contributed by atoms with Crippen molar-refractivity contribution in [3.8, 4) is 0 Å². The Morgan fingerprint density at radius 2 is 1.74 bits per heavy atom. The minimum Gasteiger partial charge on any atom is -0.324 e. The molecule has 0 aliphatic rings. The molecule has 2 rings (SSSR count). The fourth-order valence-corrected chi connectivity index (χ4v) is 2.29. The van der Waals surface area contributed by atoms with E-state index in [-0.39, 0.29) is 5.69 Å². The van der Waals surface area contributed by atoms with Crippen molar-refractivity contribution in [3.63, 3.8) is 0 Å². The van der Waals surface area contributed by atoms with Crippen LogP contribution in [0.4, 0.5) is 4.39 Å². The minimum absolute atomic E-state index is 0.382. The van der Waals surface area contributed by atoms with Crippen LogP contribution in [0.5, 0.6) is 0 Å². The monoisotopic (exact) mass is 323 g/mol. The summed E-state index contributed by atoms with van der Waals surface area (Å²) in [6.07, 6.45) is 0. The van der Waals surface area contributed by atoms with E-state index in [1.165, 1.54) is 26.0 Å². The smallest absolute Gasteiger partial charge is 0.324 e. The average Bonchev–Trinajstić information content (AvgIpc) is 2.98. The third-order valence-corrected chi connectivity index (χ3v) is 3.60. The lowest BCUT2D eigenvalue weighted by Gasteiger charge is -2.27. The van der Waals surface area contributed by atoms with Crippen LogP contribution < -0.4 is 0 Å². The van der Waals surface area contributed by atoms with Gasteiger partial charge in [0.2, 0.25) is 0 Å². The molecule has 0 unspecified atom stereocenters. The molecule has 124 valence electrons. The second-order valence-corrected chi connectivity index (χ2v) is 4.76. The number of rotatable bonds is 7. The lowest BCUT2D eigenvalue weighted by molar-refractivity contribution is -0.312. The minimum atomic E-state index is -2.06. The predicted octanol–water partition coefficient (Wildman–Crippen LogP) is 1.80. The standard InChI is InChI=1S/C15H18FN3O4/c1-10(11-8-6-5-7-9-11)19-12(14(16)17-18-19)13(20)15(21-2,22-3)23-4/h5-10H,1-4H3/t10-/m1/s1. The molecule has 2 aromatic rings. The molecular weight excluding hydrogens is 305 g/mol. The maximum Gasteiger partial charge on any atom is 0.352 e. The molecule has 1 heterocycles. The molecule has 0 N–H and O–H groups in total. The summed E-state index contributed by atoms with van der Waals surface area (Å²) >= 11 is 0. The van der Waals surface area contributed by atoms with E-state index in [4.69, 9.17) is 14.2 Å². The lowest BCUT2D eigenvalue weighted by Crippen LogP contribution is -2.46. The Morgan fingerprint density at radius 1 is 1.17 bits per heavy atom. The first-order valence-electron chi connectivity index (χ1n) is 6.86. The van der Waals surface area contributed by atoms with Gasteiger partial charge < -0.3 is 14.2 Å². The Balaban J connectivity index is 2.49. The van der Waals surface area contributed by atoms with Gasteiger partial charge in [0.05, 0.1) is 6.04 Å². The Hall–Kier alpha value is -2.16. The maximum atomic E-state index is 14.1. The number of ether oxygens (including phenoxy) is 3. The van der Waals surface area contributed by atoms with Crippen LogP contribution in [0.2, 0.25) is 0 Å². The maximum absolute atomic E-state index is 14.1. The van der Waals surface area contributed by atoms with E-state index in [0.717, 1.165) is 5.56 Å². The molecular formula is C15H18FN3O4. The molecule has 1 aromatic heterocycles. The van der Waals surface area contributed by atoms with E-state index in [2.05, 4.69) is 10.3 Å². The van der Waals surface area contributed by atoms with Gasteiger partial charge in [-0.2, -0.15) is 4.39 Å². The van der Waals surface area contributed by atoms with E-state index in [0.29, 0.717) is 0 Å². The molecule has 0 aliphatic heterocycles. The number of aromatic nitrogens is 3. The van der Waals surface area contributed by atoms with Crippen LogP contribution in [0.15, 0.2) is 30.3 Å². The van der Waals surface area contributed by atoms with Crippen molar-refractivity contribution in [1.82, 2.24) is 15.0 Å². The van der Waals surface area contributed by atoms with E-state index in [1.807, 2.05) is 30.3 Å². The van der Waals surface area contributed by atoms with Gasteiger partial charge in [-0.05, 0) is 12.5 Å². The van der Waals surface area contributed by atoms with Crippen LogP contribution in [0.3, 0.4) is 0 Å². The zero-order valence-electron chi connectivity index (χ0n) is 13.3. The van der Waals surface area contributed by atoms with E-state index in [9.17, 15) is 9.18 Å². The van der Waals surface area contributed by atoms with Crippen LogP contribution in [0.1, 0.15) is 29.0 Å². The van der Waals surface area contributed by atoms with Crippen LogP contribution in [0, 0.1) is 5.95 Å². The normalized spacial score (nSPS) is 13.1. The second kappa shape index (κ2) is 6.95. The van der Waals surface area contributed by atoms with Crippen LogP contribution in [-0.4, -0.2) is 48.1 Å². The summed E-state index contributed by atoms with van der Waals surface area (Å²) in [4.78, 5) is 12.7. The summed E-state index contributed by atoms with van der Waals surface area (Å²) < 4.78 is 30.2. The topological polar surface area (TPSA) is 75.5 Å². The fourth-order valence-electron chi connectivity index (χ4n) is 2.29. The number of benzene rings is 1. The highest BCUT2D eigenvalue weighted by molar-refractivity contribution is 5.99. The van der Waals surface area contributed by atoms with Gasteiger partial charge in [0.1, 0.15) is 0 Å². The fraction of sp³-hybridized carbons (Fsp3) is 0.400. The molecule has 8 heteroatoms. The number of nitrogens with zero attached hydrogens (tertiary/aromatic N) is 3. The third kappa shape index (κ3) is 3.00. The molecule has 0 aliphatic carbocycles. The van der Waals surface area contributed by atoms with Gasteiger partial charge in [0, 0.05) is 21.3 Å². The lowest BCUT2D eigenvalue weighted by atomic mass is 10.1. The summed E-state index contributed by atoms with van der Waals surface area (Å²) in [6, 6.07) is 8.80. The van der Waals surface area contributed by atoms with Gasteiger partial charge in [-0.1, -0.05) is 40.6 Å². The molecule has 0 saturated carbocycles. The van der Waals surface area contributed by atoms with Crippen LogP contribution >= 0.6 is 0 Å². The van der Waals surface area contributed by atoms with Gasteiger partial charge in [-0.3, -0.25) is 4.79 Å². The number of carbonyl (C=O) groups is 1.